The average Bonchev–Trinajstić information content (AvgIpc) is 2.60. The lowest BCUT2D eigenvalue weighted by molar-refractivity contribution is -0.192. The fourth-order valence-electron chi connectivity index (χ4n) is 4.02. The average molecular weight is 485 g/mol. The van der Waals surface area contributed by atoms with Gasteiger partial charge in [-0.1, -0.05) is 36.6 Å². The zero-order chi connectivity index (χ0) is 23.2. The topological polar surface area (TPSA) is 95.5 Å². The quantitative estimate of drug-likeness (QED) is 0.569. The first-order chi connectivity index (χ1) is 14.3. The van der Waals surface area contributed by atoms with E-state index in [9.17, 15) is 21.6 Å². The van der Waals surface area contributed by atoms with Crippen LogP contribution in [0.4, 0.5) is 13.2 Å². The van der Waals surface area contributed by atoms with E-state index in [0.717, 1.165) is 43.7 Å². The zero-order valence-corrected chi connectivity index (χ0v) is 18.7. The summed E-state index contributed by atoms with van der Waals surface area (Å²) < 4.78 is 57.6. The smallest absolute Gasteiger partial charge is 0.475 e. The predicted molar refractivity (Wildman–Crippen MR) is 113 cm³/mol. The maximum Gasteiger partial charge on any atom is 0.490 e. The highest BCUT2D eigenvalue weighted by molar-refractivity contribution is 7.88. The van der Waals surface area contributed by atoms with Crippen LogP contribution in [0.5, 0.6) is 0 Å². The highest BCUT2D eigenvalue weighted by Gasteiger charge is 2.38. The summed E-state index contributed by atoms with van der Waals surface area (Å²) in [4.78, 5) is 8.90. The number of hydrogen-bond acceptors (Lipinski definition) is 4. The van der Waals surface area contributed by atoms with E-state index in [1.807, 2.05) is 12.1 Å². The molecule has 3 rings (SSSR count). The molecule has 11 heteroatoms. The molecule has 2 atom stereocenters. The number of halogens is 4. The Labute approximate surface area is 185 Å². The summed E-state index contributed by atoms with van der Waals surface area (Å²) in [5.41, 5.74) is 1.33. The van der Waals surface area contributed by atoms with Crippen molar-refractivity contribution in [2.75, 3.05) is 12.8 Å². The van der Waals surface area contributed by atoms with Gasteiger partial charge in [0.1, 0.15) is 0 Å². The molecule has 1 aromatic carbocycles. The van der Waals surface area contributed by atoms with Crippen LogP contribution in [-0.4, -0.2) is 50.6 Å². The Kier molecular flexibility index (Phi) is 9.17. The van der Waals surface area contributed by atoms with Crippen LogP contribution in [0, 0.1) is 5.92 Å². The largest absolute Gasteiger partial charge is 0.490 e. The highest BCUT2D eigenvalue weighted by Crippen LogP contribution is 2.38. The number of alkyl halides is 3. The van der Waals surface area contributed by atoms with Crippen molar-refractivity contribution in [3.8, 4) is 0 Å². The number of hydrogen-bond donors (Lipinski definition) is 3. The maximum atomic E-state index is 11.5. The van der Waals surface area contributed by atoms with Crippen molar-refractivity contribution in [3.05, 3.63) is 34.9 Å². The van der Waals surface area contributed by atoms with Crippen molar-refractivity contribution in [1.29, 1.82) is 0 Å². The summed E-state index contributed by atoms with van der Waals surface area (Å²) in [6, 6.07) is 8.77. The first kappa shape index (κ1) is 25.9. The molecule has 3 N–H and O–H groups in total. The van der Waals surface area contributed by atoms with Crippen molar-refractivity contribution in [2.24, 2.45) is 5.92 Å². The molecule has 2 aliphatic rings. The van der Waals surface area contributed by atoms with E-state index in [4.69, 9.17) is 21.5 Å². The Morgan fingerprint density at radius 2 is 1.84 bits per heavy atom. The van der Waals surface area contributed by atoms with Gasteiger partial charge in [-0.25, -0.2) is 17.9 Å². The number of carbonyl (C=O) groups is 1. The molecule has 2 aliphatic carbocycles. The van der Waals surface area contributed by atoms with Crippen LogP contribution in [-0.2, 0) is 14.8 Å². The third-order valence-electron chi connectivity index (χ3n) is 5.64. The van der Waals surface area contributed by atoms with Gasteiger partial charge in [0.25, 0.3) is 0 Å². The predicted octanol–water partition coefficient (Wildman–Crippen LogP) is 3.92. The summed E-state index contributed by atoms with van der Waals surface area (Å²) in [7, 11) is -3.13. The third-order valence-corrected chi connectivity index (χ3v) is 6.61. The van der Waals surface area contributed by atoms with Crippen LogP contribution in [0.3, 0.4) is 0 Å². The van der Waals surface area contributed by atoms with E-state index in [2.05, 4.69) is 22.2 Å². The van der Waals surface area contributed by atoms with Crippen LogP contribution >= 0.6 is 11.6 Å². The SMILES string of the molecule is CS(=O)(=O)NC1CCCCC1CNC1CC(c2cccc(Cl)c2)C1.O=C(O)C(F)(F)F. The minimum Gasteiger partial charge on any atom is -0.475 e. The van der Waals surface area contributed by atoms with E-state index in [0.29, 0.717) is 17.9 Å². The van der Waals surface area contributed by atoms with Gasteiger partial charge in [-0.2, -0.15) is 13.2 Å². The number of aliphatic carboxylic acids is 1. The van der Waals surface area contributed by atoms with Crippen molar-refractivity contribution < 1.29 is 31.5 Å². The molecule has 0 radical (unpaired) electrons. The molecular weight excluding hydrogens is 457 g/mol. The molecule has 176 valence electrons. The number of rotatable bonds is 6. The Hall–Kier alpha value is -1.36. The van der Waals surface area contributed by atoms with E-state index in [1.165, 1.54) is 18.2 Å². The normalized spacial score (nSPS) is 26.4. The summed E-state index contributed by atoms with van der Waals surface area (Å²) in [6.45, 7) is 0.903. The molecule has 6 nitrogen and oxygen atoms in total. The highest BCUT2D eigenvalue weighted by atomic mass is 35.5. The molecule has 2 fully saturated rings. The Morgan fingerprint density at radius 1 is 1.23 bits per heavy atom. The minimum atomic E-state index is -5.08. The lowest BCUT2D eigenvalue weighted by Crippen LogP contribution is -2.48. The molecule has 0 bridgehead atoms. The van der Waals surface area contributed by atoms with Gasteiger partial charge >= 0.3 is 12.1 Å². The molecular formula is C20H28ClF3N2O4S. The van der Waals surface area contributed by atoms with Gasteiger partial charge in [0.15, 0.2) is 0 Å². The number of carboxylic acids is 1. The van der Waals surface area contributed by atoms with Crippen LogP contribution in [0.25, 0.3) is 0 Å². The monoisotopic (exact) mass is 484 g/mol. The van der Waals surface area contributed by atoms with Gasteiger partial charge in [-0.15, -0.1) is 0 Å². The van der Waals surface area contributed by atoms with Crippen LogP contribution < -0.4 is 10.0 Å². The summed E-state index contributed by atoms with van der Waals surface area (Å²) in [5, 5.41) is 11.6. The fourth-order valence-corrected chi connectivity index (χ4v) is 5.08. The minimum absolute atomic E-state index is 0.0880. The Balaban J connectivity index is 0.000000423. The first-order valence-electron chi connectivity index (χ1n) is 10.1. The lowest BCUT2D eigenvalue weighted by atomic mass is 9.75. The molecule has 0 amide bonds. The van der Waals surface area contributed by atoms with Crippen molar-refractivity contribution in [2.45, 2.75) is 62.7 Å². The second-order valence-electron chi connectivity index (χ2n) is 8.17. The summed E-state index contributed by atoms with van der Waals surface area (Å²) in [5.74, 6) is -1.76. The molecule has 2 unspecified atom stereocenters. The summed E-state index contributed by atoms with van der Waals surface area (Å²) in [6.07, 6.45) is 2.82. The van der Waals surface area contributed by atoms with E-state index in [1.54, 1.807) is 0 Å². The number of benzene rings is 1. The van der Waals surface area contributed by atoms with Crippen LogP contribution in [0.2, 0.25) is 5.02 Å². The van der Waals surface area contributed by atoms with E-state index < -0.39 is 22.2 Å². The van der Waals surface area contributed by atoms with Gasteiger partial charge in [0.05, 0.1) is 6.26 Å². The fraction of sp³-hybridized carbons (Fsp3) is 0.650. The second-order valence-corrected chi connectivity index (χ2v) is 10.4. The number of nitrogens with one attached hydrogen (secondary N) is 2. The maximum absolute atomic E-state index is 11.5. The van der Waals surface area contributed by atoms with Crippen LogP contribution in [0.15, 0.2) is 24.3 Å². The molecule has 2 saturated carbocycles. The number of sulfonamides is 1. The molecule has 0 aliphatic heterocycles. The van der Waals surface area contributed by atoms with E-state index in [-0.39, 0.29) is 6.04 Å². The van der Waals surface area contributed by atoms with Gasteiger partial charge in [-0.05, 0) is 61.8 Å². The molecule has 1 aromatic rings. The molecule has 0 spiro atoms. The van der Waals surface area contributed by atoms with Crippen molar-refractivity contribution in [3.63, 3.8) is 0 Å². The van der Waals surface area contributed by atoms with Gasteiger partial charge in [-0.3, -0.25) is 0 Å². The van der Waals surface area contributed by atoms with Gasteiger partial charge < -0.3 is 10.4 Å². The van der Waals surface area contributed by atoms with Crippen molar-refractivity contribution >= 4 is 27.6 Å². The Morgan fingerprint density at radius 3 is 2.39 bits per heavy atom. The lowest BCUT2D eigenvalue weighted by Gasteiger charge is -2.39. The first-order valence-corrected chi connectivity index (χ1v) is 12.4. The van der Waals surface area contributed by atoms with Crippen molar-refractivity contribution in [1.82, 2.24) is 10.0 Å². The van der Waals surface area contributed by atoms with Crippen LogP contribution in [0.1, 0.15) is 50.0 Å². The molecule has 0 heterocycles. The second kappa shape index (κ2) is 11.0. The van der Waals surface area contributed by atoms with Gasteiger partial charge in [0, 0.05) is 17.1 Å². The standard InChI is InChI=1S/C18H27ClN2O2S.C2HF3O2/c1-24(22,23)21-18-8-3-2-5-14(18)12-20-17-10-15(11-17)13-6-4-7-16(19)9-13;3-2(4,5)1(6)7/h4,6-7,9,14-15,17-18,20-21H,2-3,5,8,10-12H2,1H3;(H,6,7). The molecule has 0 aromatic heterocycles. The summed E-state index contributed by atoms with van der Waals surface area (Å²) >= 11 is 6.07. The molecule has 0 saturated heterocycles. The third kappa shape index (κ3) is 8.96. The van der Waals surface area contributed by atoms with E-state index >= 15 is 0 Å². The number of carboxylic acid groups (broad SMARTS) is 1. The van der Waals surface area contributed by atoms with Gasteiger partial charge in [0.2, 0.25) is 10.0 Å². The molecule has 31 heavy (non-hydrogen) atoms. The Bertz CT molecular complexity index is 845. The zero-order valence-electron chi connectivity index (χ0n) is 17.2.